The van der Waals surface area contributed by atoms with E-state index in [2.05, 4.69) is 116 Å². The van der Waals surface area contributed by atoms with Gasteiger partial charge in [0.2, 0.25) is 112 Å². The van der Waals surface area contributed by atoms with E-state index >= 15 is 24.0 Å². The Morgan fingerprint density at radius 2 is 0.905 bits per heavy atom. The van der Waals surface area contributed by atoms with Gasteiger partial charge in [0, 0.05) is 105 Å². The van der Waals surface area contributed by atoms with Crippen molar-refractivity contribution in [2.24, 2.45) is 46.6 Å². The van der Waals surface area contributed by atoms with Crippen LogP contribution in [0.4, 0.5) is 0 Å². The van der Waals surface area contributed by atoms with Gasteiger partial charge >= 0.3 is 0 Å². The molecule has 6 rings (SSSR count). The maximum Gasteiger partial charge on any atom is 0.257 e. The predicted octanol–water partition coefficient (Wildman–Crippen LogP) is -11.4. The molecule has 4 bridgehead atoms. The molecule has 820 valence electrons. The van der Waals surface area contributed by atoms with Gasteiger partial charge in [0.15, 0.2) is 11.9 Å². The van der Waals surface area contributed by atoms with E-state index in [9.17, 15) is 92.3 Å². The summed E-state index contributed by atoms with van der Waals surface area (Å²) in [6.45, 7) is 10.2. The molecule has 0 unspecified atom stereocenters. The van der Waals surface area contributed by atoms with Crippen molar-refractivity contribution in [2.75, 3.05) is 94.0 Å². The van der Waals surface area contributed by atoms with E-state index in [0.717, 1.165) is 50.0 Å². The molecule has 6 heterocycles. The summed E-state index contributed by atoms with van der Waals surface area (Å²) in [5.74, 6) is -24.8. The number of thioether (sulfide) groups is 3. The first-order chi connectivity index (χ1) is 69.6. The van der Waals surface area contributed by atoms with E-state index in [1.165, 1.54) is 57.6 Å². The number of aromatic amines is 2. The predicted molar refractivity (Wildman–Crippen MR) is 535 cm³/mol. The summed E-state index contributed by atoms with van der Waals surface area (Å²) in [5.41, 5.74) is 27.6. The SMILES string of the molecule is CC[C@H](C)[C@@H]1NC(=O)[C@H](CCCNC(=N)N)NC(=O)[C@@H]2C[C@H](O)CN2C(=O)[C@H](CC(C)C)NC(=O)[C@H](CC(C)C)NC(=O)[C@H](CO)NC(=O)[C@H](CO)NNC(=O)[C@@H]2CSCCC(=O)N3CN(CN(C3)C(=O)CCSC[C@@H](C(=O)N[C@@H](C)C(N)=O)NC(=O)[C@H](Cc3c[nH]cn3)NC1=O)C(=O)CCSC[C@H](NC(=O)[C@H](C)N)C(=O)N[C@@H](C(C)C)C(=O)N[C@@H](CCCNC(=N)N)C(=O)N[C@@H](CO)C(=O)N[C@@H](Cc1c[nH]cn1)C(=O)N2. The molecule has 0 aromatic carbocycles. The van der Waals surface area contributed by atoms with Crippen LogP contribution in [-0.4, -0.2) is 393 Å². The number of aromatic nitrogens is 4. The highest BCUT2D eigenvalue weighted by molar-refractivity contribution is 7.99. The highest BCUT2D eigenvalue weighted by Crippen LogP contribution is 2.25. The van der Waals surface area contributed by atoms with Crippen molar-refractivity contribution in [1.82, 2.24) is 135 Å². The van der Waals surface area contributed by atoms with E-state index in [-0.39, 0.29) is 111 Å². The number of nitrogens with one attached hydrogen (secondary N) is 22. The second-order valence-corrected chi connectivity index (χ2v) is 40.7. The van der Waals surface area contributed by atoms with Crippen LogP contribution < -0.4 is 119 Å². The number of carbonyl (C=O) groups excluding carboxylic acids is 20. The highest BCUT2D eigenvalue weighted by atomic mass is 32.2. The quantitative estimate of drug-likeness (QED) is 0.0224. The standard InChI is InChI=1S/C88H146N32O24S3/c1-11-46(8)69-85(143)106-56(27-50-30-96-39-100-50)76(134)111-61(80(138)101-48(10)70(90)128)35-145-21-16-65(125)117-40-118-42-119(41-117)67(127)18-23-147-37-63(112-75(133)55(26-49-29-95-38-99-49)105-78(136)58(32-121)108-72(130)52(14-12-19-97-87(91)92)103-84(142)68(45(6)7)113-81(139)62(110-71(129)47(9)89)36-146-22-17-66(118)126)82(140)116-115-60(34-123)79(137)109-59(33-122)77(135)104-54(24-43(2)3)74(132)107-57(25-44(4)5)86(144)120-31-51(124)28-64(120)83(141)102-53(73(131)114-69)15-13-20-98-88(93)94/h29-30,38-39,43-48,51-64,68-69,115,121-124H,11-28,31-37,40-42,89H2,1-10H3,(H2,90,128)(H,95,99)(H,96,100)(H,101,138)(H,102,141)(H,103,142)(H,104,135)(H,105,136)(H,106,143)(H,107,132)(H,108,130)(H,109,137)(H,110,129)(H,111,134)(H,112,133)(H,113,139)(H,114,131)(H,116,140)(H4,91,92,97)(H4,93,94,98)/t46-,47-,48-,51-,52-,53-,54-,55-,56-,57-,58-,59-,60-,61-,62-,63-,64-,68-,69-/m0/s1. The molecule has 56 nitrogen and oxygen atoms in total. The summed E-state index contributed by atoms with van der Waals surface area (Å²) in [4.78, 5) is 310. The van der Waals surface area contributed by atoms with Crippen LogP contribution in [0.2, 0.25) is 0 Å². The number of hydrazine groups is 1. The Morgan fingerprint density at radius 3 is 1.37 bits per heavy atom. The van der Waals surface area contributed by atoms with E-state index < -0.39 is 340 Å². The average molecular weight is 2130 g/mol. The molecular weight excluding hydrogens is 1990 g/mol. The molecule has 59 heteroatoms. The Balaban J connectivity index is 1.49. The average Bonchev–Trinajstić information content (AvgIpc) is 1.74. The van der Waals surface area contributed by atoms with Crippen molar-refractivity contribution < 1.29 is 116 Å². The number of H-pyrrole nitrogens is 2. The van der Waals surface area contributed by atoms with Gasteiger partial charge in [-0.1, -0.05) is 61.8 Å². The number of fused-ring (bicyclic) bond motifs is 8. The third kappa shape index (κ3) is 40.7. The van der Waals surface area contributed by atoms with Crippen LogP contribution in [0, 0.1) is 34.5 Å². The van der Waals surface area contributed by atoms with Gasteiger partial charge in [0.1, 0.15) is 96.7 Å². The number of nitrogens with two attached hydrogens (primary N) is 4. The third-order valence-electron chi connectivity index (χ3n) is 23.9. The number of aliphatic hydroxyl groups excluding tert-OH is 4. The summed E-state index contributed by atoms with van der Waals surface area (Å²) in [6.07, 6.45) is 0.782. The first-order valence-corrected chi connectivity index (χ1v) is 51.9. The molecule has 0 aliphatic carbocycles. The van der Waals surface area contributed by atoms with E-state index in [1.54, 1.807) is 41.5 Å². The van der Waals surface area contributed by atoms with Gasteiger partial charge in [-0.15, -0.1) is 0 Å². The van der Waals surface area contributed by atoms with Gasteiger partial charge in [-0.25, -0.2) is 15.4 Å². The molecule has 2 aromatic rings. The topological polar surface area (TPSA) is 861 Å². The molecular formula is C88H146N32O24S3. The fraction of sp³-hybridized carbons (Fsp3) is 0.682. The van der Waals surface area contributed by atoms with Crippen LogP contribution in [0.15, 0.2) is 25.0 Å². The Labute approximate surface area is 862 Å². The maximum absolute atomic E-state index is 15.1. The number of hydrogen-bond donors (Lipinski definition) is 30. The maximum atomic E-state index is 15.1. The van der Waals surface area contributed by atoms with Crippen molar-refractivity contribution in [3.05, 3.63) is 36.4 Å². The number of guanidine groups is 2. The van der Waals surface area contributed by atoms with Gasteiger partial charge < -0.3 is 158 Å². The fourth-order valence-electron chi connectivity index (χ4n) is 15.4. The molecule has 2 aromatic heterocycles. The summed E-state index contributed by atoms with van der Waals surface area (Å²) in [5, 5.41) is 100. The molecule has 0 spiro atoms. The number of aliphatic hydroxyl groups is 4. The lowest BCUT2D eigenvalue weighted by Gasteiger charge is -2.42. The lowest BCUT2D eigenvalue weighted by Crippen LogP contribution is -2.63. The molecule has 19 atom stereocenters. The smallest absolute Gasteiger partial charge is 0.257 e. The minimum Gasteiger partial charge on any atom is -0.394 e. The Kier molecular flexibility index (Phi) is 51.6. The minimum absolute atomic E-state index is 0.00159. The van der Waals surface area contributed by atoms with Crippen molar-refractivity contribution in [1.29, 1.82) is 10.8 Å². The third-order valence-corrected chi connectivity index (χ3v) is 27.1. The summed E-state index contributed by atoms with van der Waals surface area (Å²) < 4.78 is 0. The van der Waals surface area contributed by atoms with E-state index in [1.807, 2.05) is 0 Å². The van der Waals surface area contributed by atoms with Crippen molar-refractivity contribution in [3.63, 3.8) is 0 Å². The number of carbonyl (C=O) groups is 20. The van der Waals surface area contributed by atoms with Crippen LogP contribution >= 0.6 is 35.3 Å². The molecule has 147 heavy (non-hydrogen) atoms. The van der Waals surface area contributed by atoms with E-state index in [0.29, 0.717) is 0 Å². The van der Waals surface area contributed by atoms with Gasteiger partial charge in [-0.05, 0) is 76.0 Å². The van der Waals surface area contributed by atoms with Gasteiger partial charge in [0.05, 0.1) is 76.0 Å². The first kappa shape index (κ1) is 123. The fourth-order valence-corrected chi connectivity index (χ4v) is 18.3. The largest absolute Gasteiger partial charge is 0.394 e. The number of nitrogens with zero attached hydrogens (tertiary/aromatic N) is 6. The van der Waals surface area contributed by atoms with Crippen LogP contribution in [-0.2, 0) is 109 Å². The van der Waals surface area contributed by atoms with Crippen molar-refractivity contribution in [3.8, 4) is 0 Å². The van der Waals surface area contributed by atoms with Gasteiger partial charge in [-0.2, -0.15) is 35.3 Å². The summed E-state index contributed by atoms with van der Waals surface area (Å²) >= 11 is 2.75. The monoisotopic (exact) mass is 2130 g/mol. The molecule has 0 radical (unpaired) electrons. The number of rotatable bonds is 27. The molecule has 4 saturated heterocycles. The summed E-state index contributed by atoms with van der Waals surface area (Å²) in [7, 11) is 0. The number of primary amides is 1. The zero-order valence-corrected chi connectivity index (χ0v) is 86.4. The lowest BCUT2D eigenvalue weighted by atomic mass is 9.96. The zero-order valence-electron chi connectivity index (χ0n) is 84.0. The molecule has 0 saturated carbocycles. The summed E-state index contributed by atoms with van der Waals surface area (Å²) in [6, 6.07) is -27.6. The van der Waals surface area contributed by atoms with Gasteiger partial charge in [0.25, 0.3) is 5.91 Å². The number of hydrogen-bond acceptors (Lipinski definition) is 33. The molecule has 20 amide bonds. The van der Waals surface area contributed by atoms with Crippen LogP contribution in [0.3, 0.4) is 0 Å². The Hall–Kier alpha value is -12.8. The minimum atomic E-state index is -1.95. The van der Waals surface area contributed by atoms with E-state index in [4.69, 9.17) is 33.8 Å². The molecule has 4 aliphatic rings. The lowest BCUT2D eigenvalue weighted by molar-refractivity contribution is -0.158. The Morgan fingerprint density at radius 1 is 0.490 bits per heavy atom. The van der Waals surface area contributed by atoms with Crippen molar-refractivity contribution in [2.45, 2.75) is 262 Å². The van der Waals surface area contributed by atoms with Crippen LogP contribution in [0.25, 0.3) is 0 Å². The normalized spacial score (nSPS) is 26.2. The molecule has 4 aliphatic heterocycles. The molecule has 4 fully saturated rings. The van der Waals surface area contributed by atoms with Crippen LogP contribution in [0.5, 0.6) is 0 Å². The second-order valence-electron chi connectivity index (χ2n) is 37.3. The number of amides is 20. The Bertz CT molecular complexity index is 4840. The zero-order chi connectivity index (χ0) is 109. The number of imidazole rings is 2. The van der Waals surface area contributed by atoms with Crippen LogP contribution in [0.1, 0.15) is 151 Å². The second kappa shape index (κ2) is 61.7. The highest BCUT2D eigenvalue weighted by Gasteiger charge is 2.46. The van der Waals surface area contributed by atoms with Crippen molar-refractivity contribution >= 4 is 165 Å². The first-order valence-electron chi connectivity index (χ1n) is 48.4. The molecule has 34 N–H and O–H groups in total. The van der Waals surface area contributed by atoms with Gasteiger partial charge in [-0.3, -0.25) is 112 Å².